The van der Waals surface area contributed by atoms with Gasteiger partial charge in [0.1, 0.15) is 0 Å². The van der Waals surface area contributed by atoms with Crippen molar-refractivity contribution in [2.75, 3.05) is 6.61 Å². The molecule has 0 amide bonds. The van der Waals surface area contributed by atoms with Crippen LogP contribution in [-0.2, 0) is 9.47 Å². The van der Waals surface area contributed by atoms with Gasteiger partial charge in [-0.2, -0.15) is 15.8 Å². The van der Waals surface area contributed by atoms with Crippen molar-refractivity contribution < 1.29 is 9.47 Å². The molecule has 3 aliphatic rings. The minimum absolute atomic E-state index is 0.205. The van der Waals surface area contributed by atoms with Crippen LogP contribution in [0.15, 0.2) is 30.3 Å². The number of fused-ring (bicyclic) bond motifs is 3. The first-order valence-electron chi connectivity index (χ1n) is 6.70. The molecule has 22 heavy (non-hydrogen) atoms. The van der Waals surface area contributed by atoms with Gasteiger partial charge >= 0.3 is 0 Å². The van der Waals surface area contributed by atoms with Gasteiger partial charge in [-0.3, -0.25) is 5.41 Å². The topological polar surface area (TPSA) is 114 Å². The number of rotatable bonds is 1. The van der Waals surface area contributed by atoms with Crippen molar-refractivity contribution in [1.82, 2.24) is 0 Å². The standard InChI is InChI=1S/C16H12N4O2/c1-14-12(11-5-3-2-4-6-11)15(7-17,8-18)16(9-19,10-21-14)13(20)22-14/h2-6,12,20H,10H2,1H3/t12-,14-,16+/m1/s1. The third-order valence-electron chi connectivity index (χ3n) is 4.57. The predicted molar refractivity (Wildman–Crippen MR) is 74.1 cm³/mol. The molecule has 108 valence electrons. The molecule has 3 heterocycles. The summed E-state index contributed by atoms with van der Waals surface area (Å²) in [6, 6.07) is 14.9. The van der Waals surface area contributed by atoms with Crippen molar-refractivity contribution in [3.05, 3.63) is 35.9 Å². The fourth-order valence-corrected chi connectivity index (χ4v) is 3.43. The third kappa shape index (κ3) is 1.36. The van der Waals surface area contributed by atoms with Crippen LogP contribution in [0.25, 0.3) is 0 Å². The second-order valence-electron chi connectivity index (χ2n) is 5.63. The monoisotopic (exact) mass is 292 g/mol. The average molecular weight is 292 g/mol. The van der Waals surface area contributed by atoms with Crippen LogP contribution >= 0.6 is 0 Å². The summed E-state index contributed by atoms with van der Waals surface area (Å²) >= 11 is 0. The molecule has 0 aliphatic carbocycles. The average Bonchev–Trinajstić information content (AvgIpc) is 2.54. The molecule has 1 N–H and O–H groups in total. The molecule has 3 saturated heterocycles. The van der Waals surface area contributed by atoms with Crippen molar-refractivity contribution in [2.45, 2.75) is 18.6 Å². The number of ether oxygens (including phenoxy) is 2. The van der Waals surface area contributed by atoms with E-state index in [1.807, 2.05) is 24.3 Å². The Bertz CT molecular complexity index is 756. The maximum atomic E-state index is 9.79. The van der Waals surface area contributed by atoms with Gasteiger partial charge in [0.25, 0.3) is 0 Å². The van der Waals surface area contributed by atoms with Crippen molar-refractivity contribution in [2.24, 2.45) is 10.8 Å². The van der Waals surface area contributed by atoms with Gasteiger partial charge < -0.3 is 9.47 Å². The molecular formula is C16H12N4O2. The van der Waals surface area contributed by atoms with E-state index < -0.39 is 22.5 Å². The first kappa shape index (κ1) is 14.1. The Hall–Kier alpha value is -2.88. The van der Waals surface area contributed by atoms with Gasteiger partial charge in [0.2, 0.25) is 11.7 Å². The number of benzene rings is 1. The molecule has 0 spiro atoms. The zero-order valence-corrected chi connectivity index (χ0v) is 11.8. The van der Waals surface area contributed by atoms with E-state index in [9.17, 15) is 15.8 Å². The molecule has 0 saturated carbocycles. The Kier molecular flexibility index (Phi) is 2.75. The summed E-state index contributed by atoms with van der Waals surface area (Å²) in [4.78, 5) is 0. The summed E-state index contributed by atoms with van der Waals surface area (Å²) in [6.07, 6.45) is 0. The smallest absolute Gasteiger partial charge is 0.218 e. The van der Waals surface area contributed by atoms with Crippen LogP contribution in [0.3, 0.4) is 0 Å². The van der Waals surface area contributed by atoms with Crippen LogP contribution in [0.5, 0.6) is 0 Å². The maximum absolute atomic E-state index is 9.79. The Morgan fingerprint density at radius 2 is 1.77 bits per heavy atom. The lowest BCUT2D eigenvalue weighted by molar-refractivity contribution is -0.287. The molecule has 1 aromatic carbocycles. The second-order valence-corrected chi connectivity index (χ2v) is 5.63. The molecule has 3 aliphatic heterocycles. The highest BCUT2D eigenvalue weighted by Crippen LogP contribution is 2.62. The summed E-state index contributed by atoms with van der Waals surface area (Å²) in [7, 11) is 0. The van der Waals surface area contributed by atoms with Gasteiger partial charge in [-0.1, -0.05) is 30.3 Å². The van der Waals surface area contributed by atoms with E-state index in [4.69, 9.17) is 14.9 Å². The van der Waals surface area contributed by atoms with Crippen LogP contribution in [0, 0.1) is 50.2 Å². The summed E-state index contributed by atoms with van der Waals surface area (Å²) in [6.45, 7) is 1.40. The molecule has 4 rings (SSSR count). The van der Waals surface area contributed by atoms with Crippen molar-refractivity contribution in [3.63, 3.8) is 0 Å². The minimum atomic E-state index is -1.74. The van der Waals surface area contributed by atoms with Crippen LogP contribution in [0.4, 0.5) is 0 Å². The first-order chi connectivity index (χ1) is 10.5. The van der Waals surface area contributed by atoms with E-state index in [0.717, 1.165) is 0 Å². The molecule has 6 heteroatoms. The molecule has 0 unspecified atom stereocenters. The Morgan fingerprint density at radius 1 is 1.14 bits per heavy atom. The summed E-state index contributed by atoms with van der Waals surface area (Å²) in [5.74, 6) is -2.50. The maximum Gasteiger partial charge on any atom is 0.218 e. The lowest BCUT2D eigenvalue weighted by Crippen LogP contribution is -2.70. The molecular weight excluding hydrogens is 280 g/mol. The zero-order chi connectivity index (χ0) is 16.0. The number of hydrogen-bond donors (Lipinski definition) is 1. The number of hydrogen-bond acceptors (Lipinski definition) is 6. The van der Waals surface area contributed by atoms with Crippen LogP contribution in [0.1, 0.15) is 18.4 Å². The summed E-state index contributed by atoms with van der Waals surface area (Å²) in [5, 5.41) is 37.3. The van der Waals surface area contributed by atoms with E-state index in [1.54, 1.807) is 31.2 Å². The summed E-state index contributed by atoms with van der Waals surface area (Å²) in [5.41, 5.74) is -2.81. The van der Waals surface area contributed by atoms with E-state index in [1.165, 1.54) is 0 Å². The van der Waals surface area contributed by atoms with Gasteiger partial charge in [0.15, 0.2) is 10.8 Å². The van der Waals surface area contributed by atoms with E-state index in [-0.39, 0.29) is 12.5 Å². The Labute approximate surface area is 127 Å². The predicted octanol–water partition coefficient (Wildman–Crippen LogP) is 2.07. The van der Waals surface area contributed by atoms with Crippen LogP contribution < -0.4 is 0 Å². The fourth-order valence-electron chi connectivity index (χ4n) is 3.43. The number of nitriles is 3. The van der Waals surface area contributed by atoms with Gasteiger partial charge in [-0.25, -0.2) is 0 Å². The molecule has 0 aromatic heterocycles. The zero-order valence-electron chi connectivity index (χ0n) is 11.8. The SMILES string of the molecule is C[C@@]12OC[C@@](C#N)(C(=N)O1)C(C#N)(C#N)[C@@H]2c1ccccc1. The highest BCUT2D eigenvalue weighted by Gasteiger charge is 2.75. The third-order valence-corrected chi connectivity index (χ3v) is 4.57. The van der Waals surface area contributed by atoms with Crippen LogP contribution in [0.2, 0.25) is 0 Å². The van der Waals surface area contributed by atoms with Crippen molar-refractivity contribution >= 4 is 5.90 Å². The second kappa shape index (κ2) is 4.31. The highest BCUT2D eigenvalue weighted by molar-refractivity contribution is 5.88. The molecule has 1 aromatic rings. The van der Waals surface area contributed by atoms with Gasteiger partial charge in [-0.05, 0) is 5.56 Å². The first-order valence-corrected chi connectivity index (χ1v) is 6.70. The number of nitrogens with one attached hydrogen (secondary N) is 1. The summed E-state index contributed by atoms with van der Waals surface area (Å²) < 4.78 is 11.2. The molecule has 0 radical (unpaired) electrons. The van der Waals surface area contributed by atoms with Gasteiger partial charge in [0.05, 0.1) is 30.7 Å². The lowest BCUT2D eigenvalue weighted by atomic mass is 9.52. The quantitative estimate of drug-likeness (QED) is 0.851. The van der Waals surface area contributed by atoms with E-state index in [0.29, 0.717) is 5.56 Å². The fraction of sp³-hybridized carbons (Fsp3) is 0.375. The normalized spacial score (nSPS) is 34.8. The lowest BCUT2D eigenvalue weighted by Gasteiger charge is -2.58. The molecule has 2 bridgehead atoms. The van der Waals surface area contributed by atoms with Gasteiger partial charge in [0, 0.05) is 6.92 Å². The number of nitrogens with zero attached hydrogens (tertiary/aromatic N) is 3. The van der Waals surface area contributed by atoms with Crippen molar-refractivity contribution in [3.8, 4) is 18.2 Å². The Balaban J connectivity index is 2.34. The van der Waals surface area contributed by atoms with Gasteiger partial charge in [-0.15, -0.1) is 0 Å². The minimum Gasteiger partial charge on any atom is -0.447 e. The Morgan fingerprint density at radius 3 is 2.27 bits per heavy atom. The van der Waals surface area contributed by atoms with E-state index in [2.05, 4.69) is 0 Å². The van der Waals surface area contributed by atoms with Crippen molar-refractivity contribution in [1.29, 1.82) is 21.2 Å². The molecule has 3 fully saturated rings. The van der Waals surface area contributed by atoms with Crippen LogP contribution in [-0.4, -0.2) is 18.3 Å². The molecule has 3 atom stereocenters. The molecule has 6 nitrogen and oxygen atoms in total. The highest BCUT2D eigenvalue weighted by atomic mass is 16.7. The van der Waals surface area contributed by atoms with E-state index >= 15 is 0 Å². The largest absolute Gasteiger partial charge is 0.447 e.